The predicted molar refractivity (Wildman–Crippen MR) is 289 cm³/mol. The van der Waals surface area contributed by atoms with Gasteiger partial charge in [-0.2, -0.15) is 19.9 Å². The van der Waals surface area contributed by atoms with E-state index < -0.39 is 26.4 Å². The molecule has 0 unspecified atom stereocenters. The zero-order chi connectivity index (χ0) is 53.0. The SMILES string of the molecule is C=C=C=C=C=C=C.NCc1ccccc1.NS(=O)(=O)c1ccc(Nc2nc(Cl)c(C=O)c(Cl)n2)cc1.NS(=O)(=O)c1ccc(Nc2nc(Cl)c(C=O)c(NCc3ccccc3)n2)cc1.[B][B]B([B])B([B])[B]. The van der Waals surface area contributed by atoms with Crippen LogP contribution in [0.2, 0.25) is 15.5 Å². The van der Waals surface area contributed by atoms with Crippen molar-refractivity contribution in [2.24, 2.45) is 16.0 Å². The van der Waals surface area contributed by atoms with Crippen LogP contribution in [0.15, 0.2) is 161 Å². The maximum Gasteiger partial charge on any atom is 0.238 e. The zero-order valence-corrected chi connectivity index (χ0v) is 41.2. The third-order valence-corrected chi connectivity index (χ3v) is 10.9. The number of halogens is 3. The molecule has 2 aromatic heterocycles. The van der Waals surface area contributed by atoms with Gasteiger partial charge in [-0.05, 0) is 90.0 Å². The Bertz CT molecular complexity index is 3070. The van der Waals surface area contributed by atoms with Crippen molar-refractivity contribution in [3.05, 3.63) is 189 Å². The van der Waals surface area contributed by atoms with E-state index in [1.54, 1.807) is 0 Å². The molecule has 4 aromatic carbocycles. The Labute approximate surface area is 434 Å². The van der Waals surface area contributed by atoms with Crippen molar-refractivity contribution in [3.8, 4) is 0 Å². The summed E-state index contributed by atoms with van der Waals surface area (Å²) in [5.41, 5.74) is 20.7. The van der Waals surface area contributed by atoms with Gasteiger partial charge < -0.3 is 21.7 Å². The average molecular weight is 1040 g/mol. The number of nitrogens with one attached hydrogen (secondary N) is 3. The molecular weight excluding hydrogens is 999 g/mol. The first kappa shape index (κ1) is 60.6. The minimum absolute atomic E-state index is 0.00606. The van der Waals surface area contributed by atoms with Crippen molar-refractivity contribution in [2.45, 2.75) is 22.9 Å². The van der Waals surface area contributed by atoms with Crippen LogP contribution >= 0.6 is 34.8 Å². The lowest BCUT2D eigenvalue weighted by atomic mass is 8.76. The van der Waals surface area contributed by atoms with Gasteiger partial charge in [-0.25, -0.2) is 27.1 Å². The molecule has 9 radical (unpaired) electrons. The maximum absolute atomic E-state index is 11.4. The second kappa shape index (κ2) is 31.7. The largest absolute Gasteiger partial charge is 0.365 e. The number of hydrogen-bond acceptors (Lipinski definition) is 14. The van der Waals surface area contributed by atoms with Crippen molar-refractivity contribution in [1.29, 1.82) is 0 Å². The molecule has 16 nitrogen and oxygen atoms in total. The number of anilines is 5. The highest BCUT2D eigenvalue weighted by Gasteiger charge is 2.15. The molecule has 0 saturated heterocycles. The van der Waals surface area contributed by atoms with Gasteiger partial charge in [-0.1, -0.05) is 107 Å². The molecule has 28 heteroatoms. The number of hydrogen-bond donors (Lipinski definition) is 6. The minimum Gasteiger partial charge on any atom is -0.365 e. The lowest BCUT2D eigenvalue weighted by Crippen LogP contribution is -2.43. The summed E-state index contributed by atoms with van der Waals surface area (Å²) in [6.45, 7) is 7.57. The first-order valence-electron chi connectivity index (χ1n) is 19.8. The van der Waals surface area contributed by atoms with E-state index in [1.165, 1.54) is 61.2 Å². The zero-order valence-electron chi connectivity index (χ0n) is 37.3. The number of benzene rings is 4. The Kier molecular flexibility index (Phi) is 27.1. The number of aromatic nitrogens is 4. The molecule has 6 aromatic rings. The summed E-state index contributed by atoms with van der Waals surface area (Å²) < 4.78 is 44.9. The van der Waals surface area contributed by atoms with E-state index in [0.717, 1.165) is 5.56 Å². The standard InChI is InChI=1S/C18H16ClN5O3S.C11H8Cl2N4O3S.C7H9N.C7H4.B7/c19-16-15(11-25)17(21-10-12-4-2-1-3-5-12)24-18(23-16)22-13-6-8-14(9-7-13)28(20,26)27;12-9-8(5-18)10(13)17-11(16-9)15-6-1-3-7(4-2-6)21(14,19)20;8-6-7-4-2-1-3-5-7;1-3-5-7-6-4-2;1-5-7(4)6(2)3/h1-9,11H,10H2,(H2,20,26,27)(H2,21,22,23,24);1-5H,(H2,14,19,20)(H,15,16,17);1-5H,6,8H2;1-2H2;. The van der Waals surface area contributed by atoms with E-state index in [9.17, 15) is 26.4 Å². The topological polar surface area (TPSA) is 268 Å². The van der Waals surface area contributed by atoms with Crippen molar-refractivity contribution in [2.75, 3.05) is 16.0 Å². The van der Waals surface area contributed by atoms with Crippen LogP contribution in [-0.2, 0) is 33.1 Å². The van der Waals surface area contributed by atoms with Gasteiger partial charge in [-0.3, -0.25) is 9.59 Å². The molecule has 9 N–H and O–H groups in total. The van der Waals surface area contributed by atoms with E-state index in [1.807, 2.05) is 60.7 Å². The monoisotopic (exact) mass is 1040 g/mol. The Hall–Kier alpha value is -6.48. The van der Waals surface area contributed by atoms with E-state index in [0.29, 0.717) is 37.0 Å². The van der Waals surface area contributed by atoms with Crippen LogP contribution in [0.3, 0.4) is 0 Å². The molecule has 0 aliphatic heterocycles. The number of rotatable bonds is 14. The van der Waals surface area contributed by atoms with Gasteiger partial charge in [0.25, 0.3) is 0 Å². The summed E-state index contributed by atoms with van der Waals surface area (Å²) in [4.78, 5) is 38.1. The summed E-state index contributed by atoms with van der Waals surface area (Å²) >= 11 is 17.7. The Morgan fingerprint density at radius 2 is 1.01 bits per heavy atom. The second-order valence-corrected chi connectivity index (χ2v) is 17.6. The average Bonchev–Trinajstić information content (AvgIpc) is 3.34. The smallest absolute Gasteiger partial charge is 0.238 e. The predicted octanol–water partition coefficient (Wildman–Crippen LogP) is 4.99. The normalized spacial score (nSPS) is 9.77. The fourth-order valence-electron chi connectivity index (χ4n) is 4.66. The number of carbonyl (C=O) groups is 2. The first-order valence-corrected chi connectivity index (χ1v) is 24.1. The van der Waals surface area contributed by atoms with E-state index >= 15 is 0 Å². The number of aldehydes is 2. The Morgan fingerprint density at radius 3 is 1.34 bits per heavy atom. The fraction of sp³-hybridized carbons (Fsp3) is 0.0465. The van der Waals surface area contributed by atoms with Crippen LogP contribution in [0.25, 0.3) is 0 Å². The molecule has 0 bridgehead atoms. The van der Waals surface area contributed by atoms with Gasteiger partial charge in [0.15, 0.2) is 12.6 Å². The highest BCUT2D eigenvalue weighted by atomic mass is 35.5. The van der Waals surface area contributed by atoms with Gasteiger partial charge in [0.1, 0.15) is 21.3 Å². The molecular formula is C43H37B7Cl3N10O6S2. The second-order valence-electron chi connectivity index (χ2n) is 13.4. The van der Waals surface area contributed by atoms with Crippen LogP contribution in [0.4, 0.5) is 29.1 Å². The quantitative estimate of drug-likeness (QED) is 0.0364. The van der Waals surface area contributed by atoms with E-state index in [-0.39, 0.29) is 60.5 Å². The fourth-order valence-corrected chi connectivity index (χ4v) is 6.39. The van der Waals surface area contributed by atoms with E-state index in [4.69, 9.17) is 81.8 Å². The molecule has 0 fully saturated rings. The number of carbonyl (C=O) groups excluding carboxylic acids is 2. The molecule has 0 amide bonds. The first-order chi connectivity index (χ1) is 33.7. The number of primary sulfonamides is 2. The van der Waals surface area contributed by atoms with Gasteiger partial charge in [0.2, 0.25) is 31.9 Å². The summed E-state index contributed by atoms with van der Waals surface area (Å²) in [5, 5.41) is 18.6. The summed E-state index contributed by atoms with van der Waals surface area (Å²) in [5.74, 6) is 0.496. The third-order valence-electron chi connectivity index (χ3n) is 8.22. The molecule has 2 heterocycles. The van der Waals surface area contributed by atoms with E-state index in [2.05, 4.69) is 77.7 Å². The molecule has 71 heavy (non-hydrogen) atoms. The van der Waals surface area contributed by atoms with Crippen molar-refractivity contribution in [3.63, 3.8) is 0 Å². The molecule has 0 atom stereocenters. The van der Waals surface area contributed by atoms with Crippen LogP contribution in [0.5, 0.6) is 0 Å². The van der Waals surface area contributed by atoms with Gasteiger partial charge in [0.05, 0.1) is 20.9 Å². The van der Waals surface area contributed by atoms with Crippen molar-refractivity contribution in [1.82, 2.24) is 19.9 Å². The van der Waals surface area contributed by atoms with Crippen LogP contribution in [0.1, 0.15) is 31.8 Å². The number of sulfonamides is 2. The molecule has 0 aliphatic carbocycles. The third kappa shape index (κ3) is 22.9. The summed E-state index contributed by atoms with van der Waals surface area (Å²) in [6, 6.07) is 30.9. The molecule has 0 saturated carbocycles. The molecule has 0 aliphatic rings. The highest BCUT2D eigenvalue weighted by molar-refractivity contribution is 7.89. The molecule has 349 valence electrons. The van der Waals surface area contributed by atoms with Gasteiger partial charge in [-0.15, -0.1) is 0 Å². The lowest BCUT2D eigenvalue weighted by molar-refractivity contribution is 0.111. The maximum atomic E-state index is 11.4. The van der Waals surface area contributed by atoms with Crippen molar-refractivity contribution >= 4 is 147 Å². The molecule has 6 rings (SSSR count). The van der Waals surface area contributed by atoms with Crippen molar-refractivity contribution < 1.29 is 26.4 Å². The van der Waals surface area contributed by atoms with Crippen LogP contribution in [0, 0.1) is 0 Å². The van der Waals surface area contributed by atoms with Crippen LogP contribution < -0.4 is 32.0 Å². The Morgan fingerprint density at radius 1 is 0.620 bits per heavy atom. The Balaban J connectivity index is 0.000000349. The van der Waals surface area contributed by atoms with Crippen LogP contribution in [-0.4, -0.2) is 100 Å². The number of nitrogens with zero attached hydrogens (tertiary/aromatic N) is 4. The number of nitrogens with two attached hydrogens (primary N) is 3. The highest BCUT2D eigenvalue weighted by Crippen LogP contribution is 2.25. The van der Waals surface area contributed by atoms with Gasteiger partial charge in [0, 0.05) is 75.2 Å². The summed E-state index contributed by atoms with van der Waals surface area (Å²) in [6.07, 6.45) is 0.111. The minimum atomic E-state index is -3.78. The summed E-state index contributed by atoms with van der Waals surface area (Å²) in [7, 11) is 14.1. The molecule has 0 spiro atoms. The van der Waals surface area contributed by atoms with Gasteiger partial charge >= 0.3 is 0 Å². The lowest BCUT2D eigenvalue weighted by Gasteiger charge is -2.12.